The van der Waals surface area contributed by atoms with E-state index in [0.717, 1.165) is 27.9 Å². The Kier molecular flexibility index (Phi) is 12.6. The van der Waals surface area contributed by atoms with Gasteiger partial charge in [-0.1, -0.05) is 49.3 Å². The molecule has 406 valence electrons. The third-order valence-corrected chi connectivity index (χ3v) is 33.9. The van der Waals surface area contributed by atoms with Crippen LogP contribution in [0.25, 0.3) is 0 Å². The molecule has 5 saturated heterocycles. The maximum atomic E-state index is 14.8. The smallest absolute Gasteiger partial charge is 0.237 e. The Bertz CT molecular complexity index is 2990. The van der Waals surface area contributed by atoms with E-state index >= 15 is 0 Å². The number of rotatable bonds is 17. The van der Waals surface area contributed by atoms with Crippen LogP contribution in [0.15, 0.2) is 146 Å². The number of nitrogens with zero attached hydrogens (tertiary/aromatic N) is 5. The summed E-state index contributed by atoms with van der Waals surface area (Å²) in [6, 6.07) is 22.4. The molecule has 4 bridgehead atoms. The number of amides is 6. The molecule has 5 fully saturated rings. The van der Waals surface area contributed by atoms with Crippen LogP contribution in [-0.2, 0) is 28.8 Å². The van der Waals surface area contributed by atoms with Crippen LogP contribution in [0.1, 0.15) is 42.9 Å². The Morgan fingerprint density at radius 2 is 1.17 bits per heavy atom. The molecule has 3 aromatic carbocycles. The second kappa shape index (κ2) is 17.8. The van der Waals surface area contributed by atoms with Gasteiger partial charge in [-0.25, -0.2) is 9.80 Å². The summed E-state index contributed by atoms with van der Waals surface area (Å²) in [6.07, 6.45) is 26.2. The van der Waals surface area contributed by atoms with Gasteiger partial charge in [-0.3, -0.25) is 33.2 Å². The molecule has 7 aliphatic heterocycles. The van der Waals surface area contributed by atoms with E-state index in [2.05, 4.69) is 114 Å². The molecule has 0 radical (unpaired) electrons. The van der Waals surface area contributed by atoms with E-state index < -0.39 is 72.3 Å². The Hall–Kier alpha value is -5.47. The van der Waals surface area contributed by atoms with Crippen molar-refractivity contribution in [3.8, 4) is 0 Å². The first-order valence-corrected chi connectivity index (χ1v) is 36.6. The molecule has 7 aliphatic rings. The Morgan fingerprint density at radius 3 is 1.66 bits per heavy atom. The van der Waals surface area contributed by atoms with Gasteiger partial charge in [0.1, 0.15) is 0 Å². The molecule has 0 saturated carbocycles. The minimum Gasteiger partial charge on any atom is -0.274 e. The number of carbonyl (C=O) groups excluding carboxylic acids is 6. The number of likely N-dealkylation sites (N-methyl/N-ethyl adjacent to an activating group) is 3. The van der Waals surface area contributed by atoms with E-state index in [4.69, 9.17) is 0 Å². The zero-order chi connectivity index (χ0) is 55.1. The second-order valence-electron chi connectivity index (χ2n) is 25.9. The van der Waals surface area contributed by atoms with Crippen LogP contribution in [0.4, 0.5) is 17.1 Å². The van der Waals surface area contributed by atoms with E-state index in [9.17, 15) is 28.8 Å². The van der Waals surface area contributed by atoms with Crippen molar-refractivity contribution < 1.29 is 28.8 Å². The number of benzene rings is 3. The number of fused-ring (bicyclic) bond motifs is 10. The maximum Gasteiger partial charge on any atom is 0.237 e. The molecule has 10 rings (SSSR count). The number of allylic oxidation sites excluding steroid dienone is 1. The molecule has 0 aromatic heterocycles. The number of hydrogen-bond acceptors (Lipinski definition) is 9. The predicted molar refractivity (Wildman–Crippen MR) is 322 cm³/mol. The van der Waals surface area contributed by atoms with Crippen molar-refractivity contribution in [1.82, 2.24) is 14.9 Å². The van der Waals surface area contributed by atoms with Crippen LogP contribution in [0.5, 0.6) is 0 Å². The Labute approximate surface area is 451 Å². The third kappa shape index (κ3) is 7.85. The largest absolute Gasteiger partial charge is 0.274 e. The zero-order valence-corrected chi connectivity index (χ0v) is 48.9. The first-order valence-electron chi connectivity index (χ1n) is 26.7. The molecule has 7 heterocycles. The van der Waals surface area contributed by atoms with Crippen LogP contribution in [0.2, 0.25) is 0 Å². The molecule has 0 aliphatic carbocycles. The number of carbonyl (C=O) groups is 6. The van der Waals surface area contributed by atoms with Gasteiger partial charge in [-0.05, 0) is 52.0 Å². The van der Waals surface area contributed by atoms with Crippen LogP contribution in [0.3, 0.4) is 0 Å². The molecule has 12 nitrogen and oxygen atoms in total. The Morgan fingerprint density at radius 1 is 0.671 bits per heavy atom. The maximum absolute atomic E-state index is 14.8. The van der Waals surface area contributed by atoms with Gasteiger partial charge in [-0.15, -0.1) is 6.58 Å². The van der Waals surface area contributed by atoms with Crippen LogP contribution >= 0.6 is 25.7 Å². The summed E-state index contributed by atoms with van der Waals surface area (Å²) in [6.45, 7) is 16.1. The first-order chi connectivity index (χ1) is 35.6. The predicted octanol–water partition coefficient (Wildman–Crippen LogP) is 8.36. The molecule has 11 atom stereocenters. The van der Waals surface area contributed by atoms with Gasteiger partial charge in [0.25, 0.3) is 0 Å². The van der Waals surface area contributed by atoms with Crippen molar-refractivity contribution in [2.45, 2.75) is 55.0 Å². The molecular weight excluding hydrogens is 1010 g/mol. The molecule has 6 amide bonds. The van der Waals surface area contributed by atoms with Crippen molar-refractivity contribution in [2.75, 3.05) is 84.6 Å². The summed E-state index contributed by atoms with van der Waals surface area (Å²) >= 11 is 0. The molecular formula is C61H79N6O6PS2. The quantitative estimate of drug-likeness (QED) is 0.0402. The van der Waals surface area contributed by atoms with Crippen LogP contribution in [0, 0.1) is 29.6 Å². The second-order valence-corrected chi connectivity index (χ2v) is 44.8. The number of imide groups is 3. The number of thiol groups is 2. The summed E-state index contributed by atoms with van der Waals surface area (Å²) in [7, 11) is -1.42. The van der Waals surface area contributed by atoms with Gasteiger partial charge in [0, 0.05) is 12.0 Å². The van der Waals surface area contributed by atoms with Crippen molar-refractivity contribution in [2.24, 2.45) is 29.6 Å². The van der Waals surface area contributed by atoms with E-state index in [1.807, 2.05) is 98.9 Å². The zero-order valence-electron chi connectivity index (χ0n) is 46.1. The van der Waals surface area contributed by atoms with Gasteiger partial charge in [0.05, 0.1) is 28.8 Å². The summed E-state index contributed by atoms with van der Waals surface area (Å²) in [5.41, 5.74) is 3.14. The monoisotopic (exact) mass is 1090 g/mol. The van der Waals surface area contributed by atoms with E-state index in [0.29, 0.717) is 23.5 Å². The summed E-state index contributed by atoms with van der Waals surface area (Å²) in [4.78, 5) is 93.6. The van der Waals surface area contributed by atoms with Crippen molar-refractivity contribution in [1.29, 1.82) is 0 Å². The number of hydrogen-bond donors (Lipinski definition) is 3. The summed E-state index contributed by atoms with van der Waals surface area (Å²) in [5.74, 6) is -1.34. The average molecular weight is 1090 g/mol. The topological polar surface area (TPSA) is 131 Å². The van der Waals surface area contributed by atoms with Crippen LogP contribution in [-0.4, -0.2) is 144 Å². The van der Waals surface area contributed by atoms with Crippen molar-refractivity contribution in [3.63, 3.8) is 0 Å². The van der Waals surface area contributed by atoms with Crippen molar-refractivity contribution in [3.05, 3.63) is 162 Å². The minimum atomic E-state index is -2.58. The van der Waals surface area contributed by atoms with Gasteiger partial charge in [-0.2, -0.15) is 0 Å². The summed E-state index contributed by atoms with van der Waals surface area (Å²) < 4.78 is 2.38. The fourth-order valence-electron chi connectivity index (χ4n) is 15.0. The van der Waals surface area contributed by atoms with Gasteiger partial charge < -0.3 is 5.32 Å². The Balaban J connectivity index is 0.994. The summed E-state index contributed by atoms with van der Waals surface area (Å²) in [5, 5.41) is 7.52. The van der Waals surface area contributed by atoms with E-state index in [-0.39, 0.29) is 53.2 Å². The molecule has 3 aromatic rings. The standard InChI is InChI=1S/C61H79N6O6PS2/c1-15-33-60(62-6,34-16-2)51-39(5)54(68)65(57(51)71)43-25-19-40(20-26-43)48(41-21-27-44(28-22-41)66-55(69)49-46-31-35-61(63(46)7,52(49)58(66)72)37-75(9,10,11)17-3)42-23-29-45(30-24-42)67-56(70)50-47-32-36-74(64(47)8,53(50)59(67)73)38-76(12,13,14)18-4/h15-32,34-36,39,46-53,62,74-76H,1,3-4,33,37-38H2,2,5-14H3/b34-16-. The average Bonchev–Trinajstić information content (AvgIpc) is 4.27. The SMILES string of the molecule is C=CCC(/C=C\C)(NC)C1C(=O)N(c2ccc(C(c3ccc(N4C(=O)C5C6C=CC(C[SH](C)(C)(C)C=C)(C5C4=O)N6C)cc3)c3ccc(N4C(=O)C5C6C=C[PH](C[SH](C)(C)(C)C=C)(C5C4=O)N6C)cc3)cc2)C(=O)C1C. The number of anilines is 3. The van der Waals surface area contributed by atoms with Gasteiger partial charge in [0.2, 0.25) is 23.6 Å². The third-order valence-electron chi connectivity index (χ3n) is 18.9. The van der Waals surface area contributed by atoms with Crippen molar-refractivity contribution >= 4 is 78.2 Å². The fourth-order valence-corrected chi connectivity index (χ4v) is 31.0. The molecule has 0 spiro atoms. The molecule has 15 heteroatoms. The normalized spacial score (nSPS) is 31.4. The van der Waals surface area contributed by atoms with Gasteiger partial charge >= 0.3 is 233 Å². The van der Waals surface area contributed by atoms with E-state index in [1.54, 1.807) is 20.0 Å². The fraction of sp³-hybridized carbons (Fsp3) is 0.410. The molecule has 76 heavy (non-hydrogen) atoms. The minimum absolute atomic E-state index is 0.120. The van der Waals surface area contributed by atoms with E-state index in [1.165, 1.54) is 14.7 Å². The van der Waals surface area contributed by atoms with Crippen LogP contribution < -0.4 is 20.0 Å². The molecule has 1 N–H and O–H groups in total. The molecule has 11 unspecified atom stereocenters. The first kappa shape index (κ1) is 53.9. The van der Waals surface area contributed by atoms with Gasteiger partial charge in [0.15, 0.2) is 0 Å². The number of nitrogens with one attached hydrogen (secondary N) is 1.